The van der Waals surface area contributed by atoms with Crippen molar-refractivity contribution < 1.29 is 4.79 Å². The Bertz CT molecular complexity index is 384. The Morgan fingerprint density at radius 1 is 1.62 bits per heavy atom. The van der Waals surface area contributed by atoms with E-state index in [0.29, 0.717) is 6.04 Å². The normalized spacial score (nSPS) is 19.2. The van der Waals surface area contributed by atoms with Crippen molar-refractivity contribution in [2.45, 2.75) is 32.9 Å². The maximum Gasteiger partial charge on any atom is 0.267 e. The topological polar surface area (TPSA) is 46.1 Å². The summed E-state index contributed by atoms with van der Waals surface area (Å²) < 4.78 is 2.12. The molecule has 0 aromatic carbocycles. The fraction of sp³-hybridized carbons (Fsp3) is 0.583. The zero-order valence-electron chi connectivity index (χ0n) is 9.92. The predicted molar refractivity (Wildman–Crippen MR) is 63.5 cm³/mol. The van der Waals surface area contributed by atoms with Gasteiger partial charge in [0.15, 0.2) is 0 Å². The van der Waals surface area contributed by atoms with Crippen molar-refractivity contribution in [1.29, 1.82) is 0 Å². The van der Waals surface area contributed by atoms with Crippen molar-refractivity contribution in [1.82, 2.24) is 15.2 Å². The minimum Gasteiger partial charge on any atom is -0.351 e. The van der Waals surface area contributed by atoms with Crippen LogP contribution in [0.5, 0.6) is 0 Å². The van der Waals surface area contributed by atoms with E-state index in [1.165, 1.54) is 5.69 Å². The molecule has 1 aromatic rings. The molecule has 0 bridgehead atoms. The van der Waals surface area contributed by atoms with Gasteiger partial charge in [-0.1, -0.05) is 6.92 Å². The van der Waals surface area contributed by atoms with Crippen molar-refractivity contribution in [2.24, 2.45) is 0 Å². The fourth-order valence-corrected chi connectivity index (χ4v) is 2.14. The molecule has 1 aliphatic rings. The van der Waals surface area contributed by atoms with Gasteiger partial charge in [-0.15, -0.1) is 0 Å². The highest BCUT2D eigenvalue weighted by atomic mass is 16.1. The standard InChI is InChI=1S/C12H19N3O/c1-3-6-14-12(16)11-5-4-10-9(2)13-7-8-15(10)11/h4-5,9,13H,3,6-8H2,1-2H3,(H,14,16). The third-order valence-electron chi connectivity index (χ3n) is 3.01. The number of rotatable bonds is 3. The van der Waals surface area contributed by atoms with Crippen molar-refractivity contribution in [3.05, 3.63) is 23.5 Å². The summed E-state index contributed by atoms with van der Waals surface area (Å²) >= 11 is 0. The summed E-state index contributed by atoms with van der Waals surface area (Å²) in [4.78, 5) is 11.9. The zero-order chi connectivity index (χ0) is 11.5. The van der Waals surface area contributed by atoms with Crippen LogP contribution in [0.15, 0.2) is 12.1 Å². The van der Waals surface area contributed by atoms with Gasteiger partial charge < -0.3 is 15.2 Å². The van der Waals surface area contributed by atoms with Crippen molar-refractivity contribution in [2.75, 3.05) is 13.1 Å². The molecule has 2 N–H and O–H groups in total. The van der Waals surface area contributed by atoms with Crippen LogP contribution in [0.3, 0.4) is 0 Å². The second kappa shape index (κ2) is 4.70. The number of aromatic nitrogens is 1. The summed E-state index contributed by atoms with van der Waals surface area (Å²) in [5.74, 6) is 0.0437. The van der Waals surface area contributed by atoms with Gasteiger partial charge in [0.25, 0.3) is 5.91 Å². The van der Waals surface area contributed by atoms with E-state index in [1.54, 1.807) is 0 Å². The summed E-state index contributed by atoms with van der Waals surface area (Å²) in [7, 11) is 0. The summed E-state index contributed by atoms with van der Waals surface area (Å²) in [5.41, 5.74) is 1.99. The monoisotopic (exact) mass is 221 g/mol. The molecule has 0 aliphatic carbocycles. The van der Waals surface area contributed by atoms with E-state index < -0.39 is 0 Å². The van der Waals surface area contributed by atoms with Crippen LogP contribution in [0.1, 0.15) is 42.5 Å². The summed E-state index contributed by atoms with van der Waals surface area (Å²) in [5, 5.41) is 6.30. The largest absolute Gasteiger partial charge is 0.351 e. The molecule has 0 saturated heterocycles. The van der Waals surface area contributed by atoms with Crippen molar-refractivity contribution in [3.63, 3.8) is 0 Å². The van der Waals surface area contributed by atoms with E-state index in [9.17, 15) is 4.79 Å². The molecule has 88 valence electrons. The van der Waals surface area contributed by atoms with Gasteiger partial charge in [-0.25, -0.2) is 0 Å². The smallest absolute Gasteiger partial charge is 0.267 e. The Balaban J connectivity index is 2.19. The molecule has 1 unspecified atom stereocenters. The second-order valence-corrected chi connectivity index (χ2v) is 4.23. The summed E-state index contributed by atoms with van der Waals surface area (Å²) in [6.07, 6.45) is 0.970. The highest BCUT2D eigenvalue weighted by molar-refractivity contribution is 5.92. The van der Waals surface area contributed by atoms with E-state index in [2.05, 4.69) is 29.0 Å². The van der Waals surface area contributed by atoms with Crippen molar-refractivity contribution in [3.8, 4) is 0 Å². The van der Waals surface area contributed by atoms with Gasteiger partial charge in [-0.05, 0) is 25.5 Å². The number of hydrogen-bond donors (Lipinski definition) is 2. The lowest BCUT2D eigenvalue weighted by Crippen LogP contribution is -2.34. The third kappa shape index (κ3) is 1.97. The number of nitrogens with zero attached hydrogens (tertiary/aromatic N) is 1. The first-order valence-corrected chi connectivity index (χ1v) is 5.95. The van der Waals surface area contributed by atoms with E-state index >= 15 is 0 Å². The molecule has 2 rings (SSSR count). The van der Waals surface area contributed by atoms with Crippen LogP contribution in [0, 0.1) is 0 Å². The minimum atomic E-state index is 0.0437. The molecular formula is C12H19N3O. The maximum absolute atomic E-state index is 11.9. The molecule has 1 aromatic heterocycles. The molecule has 0 spiro atoms. The lowest BCUT2D eigenvalue weighted by Gasteiger charge is -2.24. The van der Waals surface area contributed by atoms with Gasteiger partial charge in [0, 0.05) is 31.4 Å². The molecule has 2 heterocycles. The molecule has 1 atom stereocenters. The van der Waals surface area contributed by atoms with Crippen LogP contribution in [-0.2, 0) is 6.54 Å². The van der Waals surface area contributed by atoms with E-state index in [0.717, 1.165) is 31.7 Å². The Morgan fingerprint density at radius 2 is 2.44 bits per heavy atom. The van der Waals surface area contributed by atoms with Crippen LogP contribution in [0.25, 0.3) is 0 Å². The fourth-order valence-electron chi connectivity index (χ4n) is 2.14. The van der Waals surface area contributed by atoms with Crippen LogP contribution in [0.2, 0.25) is 0 Å². The maximum atomic E-state index is 11.9. The van der Waals surface area contributed by atoms with Crippen LogP contribution < -0.4 is 10.6 Å². The Morgan fingerprint density at radius 3 is 3.19 bits per heavy atom. The van der Waals surface area contributed by atoms with E-state index in [4.69, 9.17) is 0 Å². The predicted octanol–water partition coefficient (Wildman–Crippen LogP) is 1.29. The van der Waals surface area contributed by atoms with Crippen LogP contribution >= 0.6 is 0 Å². The van der Waals surface area contributed by atoms with Gasteiger partial charge in [-0.2, -0.15) is 0 Å². The van der Waals surface area contributed by atoms with Gasteiger partial charge in [0.05, 0.1) is 0 Å². The molecule has 1 amide bonds. The van der Waals surface area contributed by atoms with Gasteiger partial charge >= 0.3 is 0 Å². The number of fused-ring (bicyclic) bond motifs is 1. The first-order chi connectivity index (χ1) is 7.74. The number of amides is 1. The first kappa shape index (κ1) is 11.2. The SMILES string of the molecule is CCCNC(=O)c1ccc2n1CCNC2C. The van der Waals surface area contributed by atoms with Crippen LogP contribution in [0.4, 0.5) is 0 Å². The summed E-state index contributed by atoms with van der Waals surface area (Å²) in [6, 6.07) is 4.29. The number of carbonyl (C=O) groups is 1. The Labute approximate surface area is 96.0 Å². The molecular weight excluding hydrogens is 202 g/mol. The third-order valence-corrected chi connectivity index (χ3v) is 3.01. The second-order valence-electron chi connectivity index (χ2n) is 4.23. The number of carbonyl (C=O) groups excluding carboxylic acids is 1. The molecule has 0 fully saturated rings. The average Bonchev–Trinajstić information content (AvgIpc) is 2.71. The quantitative estimate of drug-likeness (QED) is 0.808. The van der Waals surface area contributed by atoms with Crippen molar-refractivity contribution >= 4 is 5.91 Å². The summed E-state index contributed by atoms with van der Waals surface area (Å²) in [6.45, 7) is 6.73. The number of nitrogens with one attached hydrogen (secondary N) is 2. The Kier molecular flexibility index (Phi) is 3.29. The molecule has 1 aliphatic heterocycles. The molecule has 0 saturated carbocycles. The highest BCUT2D eigenvalue weighted by Gasteiger charge is 2.20. The lowest BCUT2D eigenvalue weighted by atomic mass is 10.2. The zero-order valence-corrected chi connectivity index (χ0v) is 9.92. The molecule has 0 radical (unpaired) electrons. The molecule has 4 nitrogen and oxygen atoms in total. The van der Waals surface area contributed by atoms with Gasteiger partial charge in [-0.3, -0.25) is 4.79 Å². The van der Waals surface area contributed by atoms with Gasteiger partial charge in [0.2, 0.25) is 0 Å². The lowest BCUT2D eigenvalue weighted by molar-refractivity contribution is 0.0943. The number of hydrogen-bond acceptors (Lipinski definition) is 2. The Hall–Kier alpha value is -1.29. The van der Waals surface area contributed by atoms with E-state index in [1.807, 2.05) is 12.1 Å². The molecule has 4 heteroatoms. The molecule has 16 heavy (non-hydrogen) atoms. The van der Waals surface area contributed by atoms with E-state index in [-0.39, 0.29) is 5.91 Å². The minimum absolute atomic E-state index is 0.0437. The first-order valence-electron chi connectivity index (χ1n) is 5.95. The van der Waals surface area contributed by atoms with Crippen LogP contribution in [-0.4, -0.2) is 23.6 Å². The van der Waals surface area contributed by atoms with Gasteiger partial charge in [0.1, 0.15) is 5.69 Å². The average molecular weight is 221 g/mol. The highest BCUT2D eigenvalue weighted by Crippen LogP contribution is 2.20.